The molecule has 1 heterocycles. The van der Waals surface area contributed by atoms with Crippen molar-refractivity contribution >= 4 is 17.5 Å². The molecule has 0 atom stereocenters. The van der Waals surface area contributed by atoms with E-state index >= 15 is 0 Å². The minimum atomic E-state index is -0.454. The minimum Gasteiger partial charge on any atom is -0.382 e. The Balaban J connectivity index is 2.90. The third-order valence-electron chi connectivity index (χ3n) is 2.76. The van der Waals surface area contributed by atoms with Gasteiger partial charge in [-0.2, -0.15) is 0 Å². The summed E-state index contributed by atoms with van der Waals surface area (Å²) >= 11 is 0. The van der Waals surface area contributed by atoms with Crippen molar-refractivity contribution in [1.29, 1.82) is 0 Å². The second kappa shape index (κ2) is 8.18. The number of anilines is 1. The first kappa shape index (κ1) is 16.9. The molecule has 0 fully saturated rings. The van der Waals surface area contributed by atoms with Crippen LogP contribution in [0.5, 0.6) is 0 Å². The number of nitrogens with zero attached hydrogens (tertiary/aromatic N) is 2. The summed E-state index contributed by atoms with van der Waals surface area (Å²) < 4.78 is 0. The highest BCUT2D eigenvalue weighted by Crippen LogP contribution is 2.16. The van der Waals surface area contributed by atoms with Gasteiger partial charge in [0.2, 0.25) is 5.91 Å². The van der Waals surface area contributed by atoms with E-state index in [2.05, 4.69) is 20.6 Å². The molecule has 2 amide bonds. The van der Waals surface area contributed by atoms with Crippen LogP contribution < -0.4 is 16.4 Å². The van der Waals surface area contributed by atoms with Gasteiger partial charge in [0.1, 0.15) is 5.82 Å². The van der Waals surface area contributed by atoms with Crippen LogP contribution in [0.3, 0.4) is 0 Å². The average Bonchev–Trinajstić information content (AvgIpc) is 2.44. The summed E-state index contributed by atoms with van der Waals surface area (Å²) in [5.74, 6) is -0.0520. The zero-order valence-electron chi connectivity index (χ0n) is 12.8. The molecule has 0 aromatic carbocycles. The number of nitrogens with one attached hydrogen (secondary N) is 2. The van der Waals surface area contributed by atoms with Crippen molar-refractivity contribution in [2.75, 3.05) is 18.4 Å². The Hall–Kier alpha value is -2.18. The zero-order valence-corrected chi connectivity index (χ0v) is 12.8. The molecule has 1 rings (SSSR count). The molecular formula is C14H23N5O2. The Kier molecular flexibility index (Phi) is 6.58. The van der Waals surface area contributed by atoms with Gasteiger partial charge in [-0.25, -0.2) is 9.97 Å². The lowest BCUT2D eigenvalue weighted by Gasteiger charge is -2.13. The van der Waals surface area contributed by atoms with E-state index in [1.165, 1.54) is 0 Å². The molecular weight excluding hydrogens is 270 g/mol. The Bertz CT molecular complexity index is 502. The summed E-state index contributed by atoms with van der Waals surface area (Å²) in [4.78, 5) is 31.5. The molecule has 0 unspecified atom stereocenters. The van der Waals surface area contributed by atoms with Gasteiger partial charge in [-0.3, -0.25) is 9.59 Å². The molecule has 1 aromatic heterocycles. The highest BCUT2D eigenvalue weighted by molar-refractivity contribution is 5.97. The van der Waals surface area contributed by atoms with Crippen molar-refractivity contribution in [3.05, 3.63) is 17.7 Å². The number of nitrogens with two attached hydrogens (primary N) is 1. The van der Waals surface area contributed by atoms with E-state index in [1.54, 1.807) is 6.20 Å². The van der Waals surface area contributed by atoms with Crippen LogP contribution >= 0.6 is 0 Å². The van der Waals surface area contributed by atoms with Crippen LogP contribution in [-0.4, -0.2) is 34.9 Å². The maximum absolute atomic E-state index is 12.2. The number of carbonyl (C=O) groups is 2. The fourth-order valence-electron chi connectivity index (χ4n) is 1.62. The van der Waals surface area contributed by atoms with Crippen LogP contribution in [0.1, 0.15) is 55.8 Å². The Morgan fingerprint density at radius 2 is 2.05 bits per heavy atom. The molecule has 1 aromatic rings. The van der Waals surface area contributed by atoms with Gasteiger partial charge in [0.15, 0.2) is 5.69 Å². The van der Waals surface area contributed by atoms with Crippen molar-refractivity contribution in [2.24, 2.45) is 5.73 Å². The first-order chi connectivity index (χ1) is 9.95. The lowest BCUT2D eigenvalue weighted by Crippen LogP contribution is -2.29. The second-order valence-corrected chi connectivity index (χ2v) is 5.04. The maximum Gasteiger partial charge on any atom is 0.272 e. The molecule has 0 aliphatic rings. The van der Waals surface area contributed by atoms with Crippen LogP contribution in [0.15, 0.2) is 6.20 Å². The molecule has 0 aliphatic carbocycles. The van der Waals surface area contributed by atoms with Crippen molar-refractivity contribution in [3.8, 4) is 0 Å². The Labute approximate surface area is 124 Å². The quantitative estimate of drug-likeness (QED) is 0.663. The molecule has 4 N–H and O–H groups in total. The Morgan fingerprint density at radius 3 is 2.62 bits per heavy atom. The van der Waals surface area contributed by atoms with Gasteiger partial charge in [0.25, 0.3) is 5.91 Å². The number of primary amides is 1. The van der Waals surface area contributed by atoms with Crippen molar-refractivity contribution in [3.63, 3.8) is 0 Å². The number of hydrogen-bond donors (Lipinski definition) is 3. The van der Waals surface area contributed by atoms with Crippen LogP contribution in [0, 0.1) is 0 Å². The molecule has 0 radical (unpaired) electrons. The van der Waals surface area contributed by atoms with Gasteiger partial charge >= 0.3 is 0 Å². The number of rotatable bonds is 8. The van der Waals surface area contributed by atoms with Crippen molar-refractivity contribution < 1.29 is 9.59 Å². The molecule has 0 saturated heterocycles. The summed E-state index contributed by atoms with van der Waals surface area (Å²) in [6.07, 6.45) is 2.65. The first-order valence-corrected chi connectivity index (χ1v) is 7.13. The number of carbonyl (C=O) groups excluding carboxylic acids is 2. The van der Waals surface area contributed by atoms with E-state index in [0.29, 0.717) is 17.2 Å². The van der Waals surface area contributed by atoms with Gasteiger partial charge < -0.3 is 16.4 Å². The average molecular weight is 293 g/mol. The number of aromatic nitrogens is 2. The second-order valence-electron chi connectivity index (χ2n) is 5.04. The minimum absolute atomic E-state index is 0.103. The van der Waals surface area contributed by atoms with E-state index in [0.717, 1.165) is 13.0 Å². The highest BCUT2D eigenvalue weighted by atomic mass is 16.2. The maximum atomic E-state index is 12.2. The molecule has 116 valence electrons. The smallest absolute Gasteiger partial charge is 0.272 e. The SMILES string of the molecule is CCCNc1cnc(C(C)C)nc1C(=O)NCCC(N)=O. The van der Waals surface area contributed by atoms with Gasteiger partial charge in [0.05, 0.1) is 11.9 Å². The standard InChI is InChI=1S/C14H23N5O2/c1-4-6-16-10-8-18-13(9(2)3)19-12(10)14(21)17-7-5-11(15)20/h8-9,16H,4-7H2,1-3H3,(H2,15,20)(H,17,21). The highest BCUT2D eigenvalue weighted by Gasteiger charge is 2.16. The fraction of sp³-hybridized carbons (Fsp3) is 0.571. The van der Waals surface area contributed by atoms with Crippen LogP contribution in [0.2, 0.25) is 0 Å². The van der Waals surface area contributed by atoms with Crippen LogP contribution in [0.4, 0.5) is 5.69 Å². The lowest BCUT2D eigenvalue weighted by atomic mass is 10.2. The summed E-state index contributed by atoms with van der Waals surface area (Å²) in [7, 11) is 0. The van der Waals surface area contributed by atoms with Crippen LogP contribution in [-0.2, 0) is 4.79 Å². The van der Waals surface area contributed by atoms with Crippen LogP contribution in [0.25, 0.3) is 0 Å². The number of hydrogen-bond acceptors (Lipinski definition) is 5. The predicted octanol–water partition coefficient (Wildman–Crippen LogP) is 1.03. The Morgan fingerprint density at radius 1 is 1.33 bits per heavy atom. The van der Waals surface area contributed by atoms with E-state index in [9.17, 15) is 9.59 Å². The zero-order chi connectivity index (χ0) is 15.8. The summed E-state index contributed by atoms with van der Waals surface area (Å²) in [5.41, 5.74) is 5.94. The third-order valence-corrected chi connectivity index (χ3v) is 2.76. The predicted molar refractivity (Wildman–Crippen MR) is 81.0 cm³/mol. The summed E-state index contributed by atoms with van der Waals surface area (Å²) in [5, 5.41) is 5.77. The summed E-state index contributed by atoms with van der Waals surface area (Å²) in [6.45, 7) is 6.88. The number of amides is 2. The topological polar surface area (TPSA) is 110 Å². The molecule has 7 nitrogen and oxygen atoms in total. The normalized spacial score (nSPS) is 10.5. The fourth-order valence-corrected chi connectivity index (χ4v) is 1.62. The molecule has 0 bridgehead atoms. The van der Waals surface area contributed by atoms with Gasteiger partial charge in [-0.15, -0.1) is 0 Å². The first-order valence-electron chi connectivity index (χ1n) is 7.13. The molecule has 21 heavy (non-hydrogen) atoms. The monoisotopic (exact) mass is 293 g/mol. The van der Waals surface area contributed by atoms with Gasteiger partial charge in [0, 0.05) is 25.4 Å². The molecule has 7 heteroatoms. The molecule has 0 saturated carbocycles. The van der Waals surface area contributed by atoms with E-state index < -0.39 is 5.91 Å². The lowest BCUT2D eigenvalue weighted by molar-refractivity contribution is -0.117. The summed E-state index contributed by atoms with van der Waals surface area (Å²) in [6, 6.07) is 0. The molecule has 0 aliphatic heterocycles. The third kappa shape index (κ3) is 5.37. The van der Waals surface area contributed by atoms with Crippen molar-refractivity contribution in [1.82, 2.24) is 15.3 Å². The van der Waals surface area contributed by atoms with E-state index in [1.807, 2.05) is 20.8 Å². The largest absolute Gasteiger partial charge is 0.382 e. The van der Waals surface area contributed by atoms with Gasteiger partial charge in [-0.1, -0.05) is 20.8 Å². The van der Waals surface area contributed by atoms with Crippen molar-refractivity contribution in [2.45, 2.75) is 39.5 Å². The van der Waals surface area contributed by atoms with E-state index in [-0.39, 0.29) is 24.8 Å². The van der Waals surface area contributed by atoms with E-state index in [4.69, 9.17) is 5.73 Å². The van der Waals surface area contributed by atoms with Gasteiger partial charge in [-0.05, 0) is 6.42 Å². The molecule has 0 spiro atoms.